The number of ether oxygens (including phenoxy) is 2. The maximum atomic E-state index is 13.9. The van der Waals surface area contributed by atoms with Crippen LogP contribution in [-0.4, -0.2) is 71.1 Å². The van der Waals surface area contributed by atoms with Gasteiger partial charge in [0.05, 0.1) is 4.90 Å². The molecule has 0 saturated heterocycles. The van der Waals surface area contributed by atoms with Crippen LogP contribution in [0.3, 0.4) is 0 Å². The Labute approximate surface area is 211 Å². The van der Waals surface area contributed by atoms with Crippen molar-refractivity contribution in [2.45, 2.75) is 89.6 Å². The van der Waals surface area contributed by atoms with Crippen LogP contribution in [0.15, 0.2) is 29.2 Å². The number of carboxylic acids is 1. The number of carboxylic acid groups (broad SMARTS) is 1. The van der Waals surface area contributed by atoms with Gasteiger partial charge in [-0.2, -0.15) is 13.3 Å². The van der Waals surface area contributed by atoms with Crippen LogP contribution in [0.5, 0.6) is 0 Å². The van der Waals surface area contributed by atoms with Gasteiger partial charge >= 0.3 is 18.2 Å². The Morgan fingerprint density at radius 1 is 1.00 bits per heavy atom. The van der Waals surface area contributed by atoms with Crippen LogP contribution in [-0.2, 0) is 24.4 Å². The largest absolute Gasteiger partial charge is 0.480 e. The van der Waals surface area contributed by atoms with Crippen LogP contribution in [0.1, 0.15) is 59.9 Å². The Morgan fingerprint density at radius 3 is 1.72 bits per heavy atom. The third-order valence-electron chi connectivity index (χ3n) is 4.05. The van der Waals surface area contributed by atoms with E-state index in [1.807, 2.05) is 6.92 Å². The standard InChI is InChI=1S/C16H29FN2O6.C7H8O3S/c1-15(2,3)24-13(22)19(14(23)25-16(4,5)6)11(12(20)21)9-10(17)7-8-18;1-6-2-4-7(5-3-6)11(8,9)10/h10-11H,7-9,18H2,1-6H3,(H,20,21);2-5H,1H3,(H,8,9,10)/t10?,11-;/m0./s1. The highest BCUT2D eigenvalue weighted by atomic mass is 32.2. The maximum Gasteiger partial charge on any atom is 0.420 e. The lowest BCUT2D eigenvalue weighted by molar-refractivity contribution is -0.143. The molecule has 1 unspecified atom stereocenters. The van der Waals surface area contributed by atoms with Crippen LogP contribution in [0.25, 0.3) is 0 Å². The summed E-state index contributed by atoms with van der Waals surface area (Å²) < 4.78 is 53.6. The second-order valence-electron chi connectivity index (χ2n) is 9.88. The maximum absolute atomic E-state index is 13.9. The van der Waals surface area contributed by atoms with Crippen molar-refractivity contribution in [2.24, 2.45) is 5.73 Å². The fraction of sp³-hybridized carbons (Fsp3) is 0.609. The third-order valence-corrected chi connectivity index (χ3v) is 4.92. The molecule has 0 aromatic heterocycles. The summed E-state index contributed by atoms with van der Waals surface area (Å²) in [5, 5.41) is 9.40. The molecule has 1 aromatic rings. The Hall–Kier alpha value is -2.77. The summed E-state index contributed by atoms with van der Waals surface area (Å²) in [6.07, 6.45) is -4.73. The number of hydrogen-bond donors (Lipinski definition) is 3. The monoisotopic (exact) mass is 536 g/mol. The van der Waals surface area contributed by atoms with Crippen molar-refractivity contribution in [2.75, 3.05) is 6.54 Å². The number of benzene rings is 1. The Bertz CT molecular complexity index is 956. The van der Waals surface area contributed by atoms with Crippen LogP contribution >= 0.6 is 0 Å². The lowest BCUT2D eigenvalue weighted by Gasteiger charge is -2.32. The Balaban J connectivity index is 0.000000918. The van der Waals surface area contributed by atoms with E-state index in [9.17, 15) is 32.3 Å². The summed E-state index contributed by atoms with van der Waals surface area (Å²) >= 11 is 0. The molecule has 0 aliphatic rings. The van der Waals surface area contributed by atoms with E-state index in [1.165, 1.54) is 12.1 Å². The zero-order valence-corrected chi connectivity index (χ0v) is 22.5. The number of carbonyl (C=O) groups is 3. The third kappa shape index (κ3) is 13.4. The van der Waals surface area contributed by atoms with Gasteiger partial charge in [0.15, 0.2) is 0 Å². The summed E-state index contributed by atoms with van der Waals surface area (Å²) in [6, 6.07) is 4.22. The van der Waals surface area contributed by atoms with Gasteiger partial charge < -0.3 is 20.3 Å². The number of carbonyl (C=O) groups excluding carboxylic acids is 2. The van der Waals surface area contributed by atoms with Gasteiger partial charge in [0.25, 0.3) is 10.1 Å². The van der Waals surface area contributed by atoms with Crippen molar-refractivity contribution in [1.82, 2.24) is 4.90 Å². The van der Waals surface area contributed by atoms with Gasteiger partial charge in [-0.05, 0) is 73.6 Å². The van der Waals surface area contributed by atoms with Crippen molar-refractivity contribution in [3.05, 3.63) is 29.8 Å². The number of nitrogens with zero attached hydrogens (tertiary/aromatic N) is 1. The lowest BCUT2D eigenvalue weighted by atomic mass is 10.1. The molecule has 0 spiro atoms. The minimum absolute atomic E-state index is 0.00633. The van der Waals surface area contributed by atoms with Crippen molar-refractivity contribution >= 4 is 28.3 Å². The number of aliphatic carboxylic acids is 1. The summed E-state index contributed by atoms with van der Waals surface area (Å²) in [4.78, 5) is 36.5. The first-order valence-corrected chi connectivity index (χ1v) is 12.5. The second-order valence-corrected chi connectivity index (χ2v) is 11.3. The van der Waals surface area contributed by atoms with E-state index in [4.69, 9.17) is 19.8 Å². The van der Waals surface area contributed by atoms with E-state index in [2.05, 4.69) is 0 Å². The van der Waals surface area contributed by atoms with Gasteiger partial charge in [0.1, 0.15) is 23.4 Å². The van der Waals surface area contributed by atoms with E-state index >= 15 is 0 Å². The predicted molar refractivity (Wildman–Crippen MR) is 130 cm³/mol. The fourth-order valence-electron chi connectivity index (χ4n) is 2.52. The van der Waals surface area contributed by atoms with Gasteiger partial charge in [-0.3, -0.25) is 4.55 Å². The molecule has 2 amide bonds. The number of halogens is 1. The molecule has 0 aliphatic carbocycles. The highest BCUT2D eigenvalue weighted by molar-refractivity contribution is 7.85. The van der Waals surface area contributed by atoms with E-state index in [-0.39, 0.29) is 17.9 Å². The Kier molecular flexibility index (Phi) is 12.5. The van der Waals surface area contributed by atoms with E-state index in [0.29, 0.717) is 4.90 Å². The lowest BCUT2D eigenvalue weighted by Crippen LogP contribution is -2.52. The number of amides is 2. The van der Waals surface area contributed by atoms with Crippen LogP contribution in [0, 0.1) is 6.92 Å². The normalized spacial score (nSPS) is 13.5. The molecule has 1 rings (SSSR count). The molecule has 0 bridgehead atoms. The first-order chi connectivity index (χ1) is 16.2. The zero-order chi connectivity index (χ0) is 28.5. The number of aryl methyl sites for hydroxylation is 1. The molecule has 0 heterocycles. The molecule has 2 atom stereocenters. The quantitative estimate of drug-likeness (QED) is 0.433. The minimum Gasteiger partial charge on any atom is -0.480 e. The highest BCUT2D eigenvalue weighted by Gasteiger charge is 2.41. The van der Waals surface area contributed by atoms with E-state index < -0.39 is 58.1 Å². The fourth-order valence-corrected chi connectivity index (χ4v) is 3.00. The van der Waals surface area contributed by atoms with Crippen molar-refractivity contribution < 1.29 is 46.3 Å². The molecule has 13 heteroatoms. The average Bonchev–Trinajstić information content (AvgIpc) is 2.64. The first kappa shape index (κ1) is 33.2. The predicted octanol–water partition coefficient (Wildman–Crippen LogP) is 3.93. The SMILES string of the molecule is CC(C)(C)OC(=O)N(C(=O)OC(C)(C)C)[C@@H](CC(F)CCN)C(=O)O.Cc1ccc(S(=O)(=O)O)cc1. The van der Waals surface area contributed by atoms with Gasteiger partial charge in [0, 0.05) is 6.42 Å². The first-order valence-electron chi connectivity index (χ1n) is 11.0. The molecular formula is C23H37FN2O9S. The molecule has 0 saturated carbocycles. The molecule has 0 radical (unpaired) electrons. The number of rotatable bonds is 7. The molecule has 4 N–H and O–H groups in total. The minimum atomic E-state index is -4.02. The van der Waals surface area contributed by atoms with E-state index in [1.54, 1.807) is 53.7 Å². The number of imide groups is 1. The van der Waals surface area contributed by atoms with Crippen LogP contribution in [0.4, 0.5) is 14.0 Å². The van der Waals surface area contributed by atoms with Gasteiger partial charge in [-0.1, -0.05) is 17.7 Å². The molecule has 0 aliphatic heterocycles. The van der Waals surface area contributed by atoms with Gasteiger partial charge in [-0.15, -0.1) is 0 Å². The molecular weight excluding hydrogens is 499 g/mol. The Morgan fingerprint density at radius 2 is 1.42 bits per heavy atom. The number of alkyl halides is 1. The van der Waals surface area contributed by atoms with Gasteiger partial charge in [0.2, 0.25) is 0 Å². The highest BCUT2D eigenvalue weighted by Crippen LogP contribution is 2.20. The summed E-state index contributed by atoms with van der Waals surface area (Å²) in [5.74, 6) is -1.55. The molecule has 36 heavy (non-hydrogen) atoms. The topological polar surface area (TPSA) is 174 Å². The molecule has 206 valence electrons. The summed E-state index contributed by atoms with van der Waals surface area (Å²) in [7, 11) is -4.02. The zero-order valence-electron chi connectivity index (χ0n) is 21.6. The second kappa shape index (κ2) is 13.5. The van der Waals surface area contributed by atoms with Crippen LogP contribution in [0.2, 0.25) is 0 Å². The number of hydrogen-bond acceptors (Lipinski definition) is 8. The van der Waals surface area contributed by atoms with Crippen molar-refractivity contribution in [3.63, 3.8) is 0 Å². The van der Waals surface area contributed by atoms with Crippen molar-refractivity contribution in [1.29, 1.82) is 0 Å². The summed E-state index contributed by atoms with van der Waals surface area (Å²) in [6.45, 7) is 11.2. The molecule has 11 nitrogen and oxygen atoms in total. The number of nitrogens with two attached hydrogens (primary N) is 1. The molecule has 1 aromatic carbocycles. The van der Waals surface area contributed by atoms with Crippen LogP contribution < -0.4 is 5.73 Å². The smallest absolute Gasteiger partial charge is 0.420 e. The summed E-state index contributed by atoms with van der Waals surface area (Å²) in [5.41, 5.74) is 4.26. The average molecular weight is 537 g/mol. The van der Waals surface area contributed by atoms with Crippen molar-refractivity contribution in [3.8, 4) is 0 Å². The van der Waals surface area contributed by atoms with Gasteiger partial charge in [-0.25, -0.2) is 18.8 Å². The van der Waals surface area contributed by atoms with E-state index in [0.717, 1.165) is 5.56 Å². The molecule has 0 fully saturated rings.